The summed E-state index contributed by atoms with van der Waals surface area (Å²) in [6.45, 7) is 6.45. The molecule has 0 aliphatic carbocycles. The number of aromatic nitrogens is 5. The molecule has 5 aromatic rings. The molecule has 0 fully saturated rings. The molecular weight excluding hydrogens is 416 g/mol. The van der Waals surface area contributed by atoms with Crippen LogP contribution in [0.5, 0.6) is 5.75 Å². The highest BCUT2D eigenvalue weighted by molar-refractivity contribution is 6.05. The lowest BCUT2D eigenvalue weighted by Crippen LogP contribution is -2.12. The minimum atomic E-state index is -0.235. The van der Waals surface area contributed by atoms with Gasteiger partial charge in [0.1, 0.15) is 18.0 Å². The van der Waals surface area contributed by atoms with Crippen molar-refractivity contribution in [2.75, 3.05) is 5.32 Å². The van der Waals surface area contributed by atoms with Gasteiger partial charge in [0.05, 0.1) is 23.8 Å². The number of carbonyl (C=O) groups is 1. The van der Waals surface area contributed by atoms with Gasteiger partial charge in [0.25, 0.3) is 5.91 Å². The van der Waals surface area contributed by atoms with E-state index in [-0.39, 0.29) is 11.9 Å². The first kappa shape index (κ1) is 20.7. The zero-order valence-corrected chi connectivity index (χ0v) is 18.7. The predicted octanol–water partition coefficient (Wildman–Crippen LogP) is 4.80. The number of hydrogen-bond donors (Lipinski definition) is 1. The Bertz CT molecular complexity index is 1470. The highest BCUT2D eigenvalue weighted by Crippen LogP contribution is 2.21. The Kier molecular flexibility index (Phi) is 5.26. The normalized spacial score (nSPS) is 11.4. The molecule has 5 rings (SSSR count). The van der Waals surface area contributed by atoms with Gasteiger partial charge >= 0.3 is 0 Å². The van der Waals surface area contributed by atoms with Gasteiger partial charge in [-0.3, -0.25) is 4.79 Å². The lowest BCUT2D eigenvalue weighted by Gasteiger charge is -2.09. The lowest BCUT2D eigenvalue weighted by atomic mass is 10.2. The number of benzene rings is 1. The maximum absolute atomic E-state index is 12.8. The molecule has 0 atom stereocenters. The van der Waals surface area contributed by atoms with Gasteiger partial charge < -0.3 is 14.5 Å². The summed E-state index contributed by atoms with van der Waals surface area (Å²) in [4.78, 5) is 21.8. The number of carbonyl (C=O) groups excluding carboxylic acids is 1. The highest BCUT2D eigenvalue weighted by Gasteiger charge is 2.12. The van der Waals surface area contributed by atoms with Crippen molar-refractivity contribution in [3.05, 3.63) is 84.1 Å². The molecule has 1 N–H and O–H groups in total. The second kappa shape index (κ2) is 8.38. The van der Waals surface area contributed by atoms with Crippen LogP contribution in [0.1, 0.15) is 41.5 Å². The van der Waals surface area contributed by atoms with Crippen LogP contribution in [0.25, 0.3) is 16.7 Å². The van der Waals surface area contributed by atoms with Crippen LogP contribution in [-0.4, -0.2) is 30.1 Å². The number of fused-ring (bicyclic) bond motifs is 2. The molecule has 4 heterocycles. The third kappa shape index (κ3) is 4.27. The number of imidazole rings is 1. The molecule has 166 valence electrons. The Hall–Kier alpha value is -4.20. The predicted molar refractivity (Wildman–Crippen MR) is 127 cm³/mol. The zero-order valence-electron chi connectivity index (χ0n) is 18.7. The van der Waals surface area contributed by atoms with Crippen LogP contribution >= 0.6 is 0 Å². The van der Waals surface area contributed by atoms with Crippen molar-refractivity contribution < 1.29 is 9.53 Å². The van der Waals surface area contributed by atoms with Crippen molar-refractivity contribution in [2.45, 2.75) is 33.4 Å². The minimum absolute atomic E-state index is 0.211. The summed E-state index contributed by atoms with van der Waals surface area (Å²) >= 11 is 0. The van der Waals surface area contributed by atoms with Gasteiger partial charge in [-0.05, 0) is 56.7 Å². The summed E-state index contributed by atoms with van der Waals surface area (Å²) in [6, 6.07) is 13.2. The summed E-state index contributed by atoms with van der Waals surface area (Å²) in [5.74, 6) is 0.365. The number of nitrogens with zero attached hydrogens (tertiary/aromatic N) is 5. The van der Waals surface area contributed by atoms with E-state index in [9.17, 15) is 4.79 Å². The standard InChI is InChI=1S/C25H24N6O2/c1-16(2)31-24-19(11-27-31)9-20(12-26-24)29-25(32)18-5-4-6-22(10-18)33-15-21-14-30-13-17(3)7-8-23(30)28-21/h4-14,16H,15H2,1-3H3,(H,29,32). The van der Waals surface area contributed by atoms with Crippen LogP contribution in [0, 0.1) is 6.92 Å². The Morgan fingerprint density at radius 2 is 2.00 bits per heavy atom. The minimum Gasteiger partial charge on any atom is -0.487 e. The first-order valence-corrected chi connectivity index (χ1v) is 10.8. The molecular formula is C25H24N6O2. The van der Waals surface area contributed by atoms with Gasteiger partial charge in [-0.25, -0.2) is 14.6 Å². The van der Waals surface area contributed by atoms with E-state index in [1.165, 1.54) is 0 Å². The number of aryl methyl sites for hydroxylation is 1. The molecule has 0 bridgehead atoms. The average Bonchev–Trinajstić information content (AvgIpc) is 3.41. The van der Waals surface area contributed by atoms with Crippen LogP contribution in [0.3, 0.4) is 0 Å². The molecule has 1 amide bonds. The quantitative estimate of drug-likeness (QED) is 0.410. The summed E-state index contributed by atoms with van der Waals surface area (Å²) in [5.41, 5.74) is 4.75. The van der Waals surface area contributed by atoms with E-state index in [1.807, 2.05) is 52.7 Å². The van der Waals surface area contributed by atoms with E-state index >= 15 is 0 Å². The van der Waals surface area contributed by atoms with Crippen LogP contribution in [0.15, 0.2) is 67.3 Å². The van der Waals surface area contributed by atoms with E-state index in [0.29, 0.717) is 23.6 Å². The molecule has 1 aromatic carbocycles. The first-order chi connectivity index (χ1) is 16.0. The van der Waals surface area contributed by atoms with Crippen LogP contribution in [0.2, 0.25) is 0 Å². The fraction of sp³-hybridized carbons (Fsp3) is 0.200. The van der Waals surface area contributed by atoms with Crippen molar-refractivity contribution >= 4 is 28.3 Å². The average molecular weight is 441 g/mol. The molecule has 0 unspecified atom stereocenters. The summed E-state index contributed by atoms with van der Waals surface area (Å²) in [6.07, 6.45) is 7.37. The van der Waals surface area contributed by atoms with Gasteiger partial charge in [0.2, 0.25) is 0 Å². The Balaban J connectivity index is 1.28. The molecule has 0 saturated heterocycles. The van der Waals surface area contributed by atoms with Crippen molar-refractivity contribution in [2.24, 2.45) is 0 Å². The van der Waals surface area contributed by atoms with Crippen LogP contribution in [-0.2, 0) is 6.61 Å². The number of anilines is 1. The smallest absolute Gasteiger partial charge is 0.255 e. The van der Waals surface area contributed by atoms with Gasteiger partial charge in [-0.1, -0.05) is 12.1 Å². The summed E-state index contributed by atoms with van der Waals surface area (Å²) in [5, 5.41) is 8.15. The first-order valence-electron chi connectivity index (χ1n) is 10.8. The largest absolute Gasteiger partial charge is 0.487 e. The summed E-state index contributed by atoms with van der Waals surface area (Å²) < 4.78 is 9.73. The Labute approximate surface area is 190 Å². The van der Waals surface area contributed by atoms with E-state index in [2.05, 4.69) is 34.2 Å². The third-order valence-electron chi connectivity index (χ3n) is 5.31. The maximum atomic E-state index is 12.8. The number of hydrogen-bond acceptors (Lipinski definition) is 5. The lowest BCUT2D eigenvalue weighted by molar-refractivity contribution is 0.102. The van der Waals surface area contributed by atoms with Gasteiger partial charge in [-0.2, -0.15) is 5.10 Å². The topological polar surface area (TPSA) is 86.3 Å². The van der Waals surface area contributed by atoms with Crippen LogP contribution in [0.4, 0.5) is 5.69 Å². The van der Waals surface area contributed by atoms with Crippen molar-refractivity contribution in [1.29, 1.82) is 0 Å². The SMILES string of the molecule is Cc1ccc2nc(COc3cccc(C(=O)Nc4cnc5c(cnn5C(C)C)c4)c3)cn2c1. The van der Waals surface area contributed by atoms with Crippen molar-refractivity contribution in [1.82, 2.24) is 24.1 Å². The highest BCUT2D eigenvalue weighted by atomic mass is 16.5. The molecule has 0 radical (unpaired) electrons. The molecule has 8 nitrogen and oxygen atoms in total. The molecule has 4 aromatic heterocycles. The molecule has 33 heavy (non-hydrogen) atoms. The number of pyridine rings is 2. The van der Waals surface area contributed by atoms with Crippen molar-refractivity contribution in [3.63, 3.8) is 0 Å². The molecule has 0 aliphatic heterocycles. The van der Waals surface area contributed by atoms with Gasteiger partial charge in [-0.15, -0.1) is 0 Å². The van der Waals surface area contributed by atoms with E-state index in [1.54, 1.807) is 30.6 Å². The number of nitrogens with one attached hydrogen (secondary N) is 1. The van der Waals surface area contributed by atoms with Gasteiger partial charge in [0, 0.05) is 29.4 Å². The fourth-order valence-electron chi connectivity index (χ4n) is 3.70. The van der Waals surface area contributed by atoms with Crippen LogP contribution < -0.4 is 10.1 Å². The number of rotatable bonds is 6. The fourth-order valence-corrected chi connectivity index (χ4v) is 3.70. The molecule has 0 aliphatic rings. The third-order valence-corrected chi connectivity index (χ3v) is 5.31. The molecule has 8 heteroatoms. The van der Waals surface area contributed by atoms with Gasteiger partial charge in [0.15, 0.2) is 5.65 Å². The maximum Gasteiger partial charge on any atom is 0.255 e. The summed E-state index contributed by atoms with van der Waals surface area (Å²) in [7, 11) is 0. The zero-order chi connectivity index (χ0) is 22.9. The Morgan fingerprint density at radius 3 is 2.85 bits per heavy atom. The van der Waals surface area contributed by atoms with E-state index in [4.69, 9.17) is 4.74 Å². The Morgan fingerprint density at radius 1 is 1.12 bits per heavy atom. The second-order valence-electron chi connectivity index (χ2n) is 8.29. The molecule has 0 spiro atoms. The number of ether oxygens (including phenoxy) is 1. The monoisotopic (exact) mass is 440 g/mol. The number of amides is 1. The van der Waals surface area contributed by atoms with E-state index in [0.717, 1.165) is 27.9 Å². The second-order valence-corrected chi connectivity index (χ2v) is 8.29. The molecule has 0 saturated carbocycles. The van der Waals surface area contributed by atoms with E-state index < -0.39 is 0 Å². The van der Waals surface area contributed by atoms with Crippen molar-refractivity contribution in [3.8, 4) is 5.75 Å².